The van der Waals surface area contributed by atoms with Crippen LogP contribution in [-0.2, 0) is 0 Å². The molecule has 15 heavy (non-hydrogen) atoms. The van der Waals surface area contributed by atoms with Gasteiger partial charge in [-0.3, -0.25) is 9.98 Å². The highest BCUT2D eigenvalue weighted by Gasteiger charge is 2.09. The van der Waals surface area contributed by atoms with Crippen LogP contribution in [0, 0.1) is 13.8 Å². The highest BCUT2D eigenvalue weighted by Crippen LogP contribution is 2.17. The highest BCUT2D eigenvalue weighted by atomic mass is 15.0. The van der Waals surface area contributed by atoms with E-state index < -0.39 is 0 Å². The summed E-state index contributed by atoms with van der Waals surface area (Å²) in [6.45, 7) is 4.85. The Morgan fingerprint density at radius 2 is 1.33 bits per heavy atom. The standard InChI is InChI=1S/C13H12N2/c1-8-10-5-3-4-6-11(10)9(2)13-12(8)14-7-15-13/h3-6H,7H2,1-2H3. The van der Waals surface area contributed by atoms with Gasteiger partial charge in [0.25, 0.3) is 0 Å². The minimum Gasteiger partial charge on any atom is -0.259 e. The van der Waals surface area contributed by atoms with Crippen LogP contribution in [0.25, 0.3) is 10.8 Å². The number of benzene rings is 2. The second kappa shape index (κ2) is 2.89. The summed E-state index contributed by atoms with van der Waals surface area (Å²) in [4.78, 5) is 8.89. The summed E-state index contributed by atoms with van der Waals surface area (Å²) >= 11 is 0. The van der Waals surface area contributed by atoms with Crippen molar-refractivity contribution in [1.29, 1.82) is 0 Å². The Kier molecular flexibility index (Phi) is 1.66. The van der Waals surface area contributed by atoms with E-state index >= 15 is 0 Å². The van der Waals surface area contributed by atoms with E-state index in [-0.39, 0.29) is 0 Å². The molecule has 0 saturated carbocycles. The number of fused-ring (bicyclic) bond motifs is 2. The number of hydrogen-bond acceptors (Lipinski definition) is 2. The number of rotatable bonds is 0. The molecule has 0 spiro atoms. The first kappa shape index (κ1) is 8.60. The summed E-state index contributed by atoms with van der Waals surface area (Å²) in [6, 6.07) is 8.47. The van der Waals surface area contributed by atoms with Crippen LogP contribution in [0.15, 0.2) is 34.3 Å². The molecule has 2 aromatic rings. The van der Waals surface area contributed by atoms with Gasteiger partial charge in [-0.05, 0) is 35.7 Å². The largest absolute Gasteiger partial charge is 0.259 e. The monoisotopic (exact) mass is 196 g/mol. The summed E-state index contributed by atoms with van der Waals surface area (Å²) < 4.78 is 0. The zero-order chi connectivity index (χ0) is 10.4. The smallest absolute Gasteiger partial charge is 0.130 e. The van der Waals surface area contributed by atoms with Gasteiger partial charge in [0, 0.05) is 0 Å². The molecule has 1 heterocycles. The van der Waals surface area contributed by atoms with E-state index in [1.165, 1.54) is 21.9 Å². The first-order valence-corrected chi connectivity index (χ1v) is 5.16. The minimum atomic E-state index is 0.591. The maximum absolute atomic E-state index is 4.44. The zero-order valence-electron chi connectivity index (χ0n) is 8.91. The van der Waals surface area contributed by atoms with Crippen molar-refractivity contribution in [3.8, 4) is 0 Å². The lowest BCUT2D eigenvalue weighted by Gasteiger charge is -2.04. The quantitative estimate of drug-likeness (QED) is 0.612. The molecular weight excluding hydrogens is 184 g/mol. The van der Waals surface area contributed by atoms with Crippen molar-refractivity contribution in [3.63, 3.8) is 0 Å². The van der Waals surface area contributed by atoms with Crippen molar-refractivity contribution in [3.05, 3.63) is 46.1 Å². The van der Waals surface area contributed by atoms with Gasteiger partial charge in [0.2, 0.25) is 0 Å². The summed E-state index contributed by atoms with van der Waals surface area (Å²) in [6.07, 6.45) is 0. The molecule has 0 aliphatic carbocycles. The number of nitrogens with zero attached hydrogens (tertiary/aromatic N) is 2. The molecule has 3 rings (SSSR count). The SMILES string of the molecule is Cc1c2c(c(C)c3ccccc13)=NCN=2. The third-order valence-corrected chi connectivity index (χ3v) is 3.13. The molecule has 0 radical (unpaired) electrons. The van der Waals surface area contributed by atoms with Crippen molar-refractivity contribution in [2.45, 2.75) is 13.8 Å². The lowest BCUT2D eigenvalue weighted by molar-refractivity contribution is 1.05. The second-order valence-corrected chi connectivity index (χ2v) is 3.95. The van der Waals surface area contributed by atoms with Gasteiger partial charge in [0.15, 0.2) is 0 Å². The molecule has 2 heteroatoms. The number of aryl methyl sites for hydroxylation is 2. The van der Waals surface area contributed by atoms with Crippen molar-refractivity contribution < 1.29 is 0 Å². The Morgan fingerprint density at radius 3 is 1.80 bits per heavy atom. The maximum Gasteiger partial charge on any atom is 0.130 e. The van der Waals surface area contributed by atoms with Crippen molar-refractivity contribution in [2.75, 3.05) is 6.67 Å². The van der Waals surface area contributed by atoms with Gasteiger partial charge < -0.3 is 0 Å². The fourth-order valence-corrected chi connectivity index (χ4v) is 2.31. The lowest BCUT2D eigenvalue weighted by Crippen LogP contribution is -2.28. The molecule has 2 aromatic carbocycles. The molecule has 0 atom stereocenters. The predicted molar refractivity (Wildman–Crippen MR) is 60.6 cm³/mol. The molecule has 2 nitrogen and oxygen atoms in total. The van der Waals surface area contributed by atoms with E-state index in [1.807, 2.05) is 0 Å². The van der Waals surface area contributed by atoms with Crippen molar-refractivity contribution in [1.82, 2.24) is 0 Å². The maximum atomic E-state index is 4.44. The third-order valence-electron chi connectivity index (χ3n) is 3.13. The topological polar surface area (TPSA) is 24.7 Å². The zero-order valence-corrected chi connectivity index (χ0v) is 8.91. The molecule has 0 fully saturated rings. The van der Waals surface area contributed by atoms with Gasteiger partial charge in [0.1, 0.15) is 6.67 Å². The normalized spacial score (nSPS) is 13.5. The molecule has 0 amide bonds. The fraction of sp³-hybridized carbons (Fsp3) is 0.231. The Morgan fingerprint density at radius 1 is 0.867 bits per heavy atom. The molecule has 1 aliphatic heterocycles. The molecule has 0 N–H and O–H groups in total. The van der Waals surface area contributed by atoms with Gasteiger partial charge in [0.05, 0.1) is 10.7 Å². The van der Waals surface area contributed by atoms with Crippen LogP contribution < -0.4 is 10.7 Å². The predicted octanol–water partition coefficient (Wildman–Crippen LogP) is 1.67. The summed E-state index contributed by atoms with van der Waals surface area (Å²) in [5.74, 6) is 0. The second-order valence-electron chi connectivity index (χ2n) is 3.95. The van der Waals surface area contributed by atoms with Gasteiger partial charge in [-0.25, -0.2) is 0 Å². The van der Waals surface area contributed by atoms with Crippen LogP contribution in [0.2, 0.25) is 0 Å². The highest BCUT2D eigenvalue weighted by molar-refractivity contribution is 5.88. The van der Waals surface area contributed by atoms with E-state index in [0.717, 1.165) is 10.7 Å². The van der Waals surface area contributed by atoms with Gasteiger partial charge >= 0.3 is 0 Å². The van der Waals surface area contributed by atoms with E-state index in [1.54, 1.807) is 0 Å². The molecule has 0 bridgehead atoms. The number of hydrogen-bond donors (Lipinski definition) is 0. The third kappa shape index (κ3) is 1.05. The fourth-order valence-electron chi connectivity index (χ4n) is 2.31. The average molecular weight is 196 g/mol. The van der Waals surface area contributed by atoms with Crippen LogP contribution >= 0.6 is 0 Å². The van der Waals surface area contributed by atoms with Gasteiger partial charge in [-0.15, -0.1) is 0 Å². The lowest BCUT2D eigenvalue weighted by atomic mass is 10.00. The summed E-state index contributed by atoms with van der Waals surface area (Å²) in [5, 5.41) is 4.78. The minimum absolute atomic E-state index is 0.591. The molecule has 0 aromatic heterocycles. The Balaban J connectivity index is 2.71. The first-order chi connectivity index (χ1) is 7.29. The molecule has 74 valence electrons. The van der Waals surface area contributed by atoms with Crippen LogP contribution in [0.4, 0.5) is 0 Å². The van der Waals surface area contributed by atoms with Crippen molar-refractivity contribution >= 4 is 10.8 Å². The summed E-state index contributed by atoms with van der Waals surface area (Å²) in [5.41, 5.74) is 2.51. The van der Waals surface area contributed by atoms with E-state index in [0.29, 0.717) is 6.67 Å². The Hall–Kier alpha value is -1.70. The summed E-state index contributed by atoms with van der Waals surface area (Å²) in [7, 11) is 0. The van der Waals surface area contributed by atoms with Crippen LogP contribution in [0.1, 0.15) is 11.1 Å². The van der Waals surface area contributed by atoms with Crippen LogP contribution in [-0.4, -0.2) is 6.67 Å². The van der Waals surface area contributed by atoms with Crippen molar-refractivity contribution in [2.24, 2.45) is 9.98 Å². The van der Waals surface area contributed by atoms with Gasteiger partial charge in [-0.1, -0.05) is 24.3 Å². The Labute approximate surface area is 88.0 Å². The molecule has 0 saturated heterocycles. The molecule has 0 unspecified atom stereocenters. The van der Waals surface area contributed by atoms with Gasteiger partial charge in [-0.2, -0.15) is 0 Å². The van der Waals surface area contributed by atoms with Crippen LogP contribution in [0.5, 0.6) is 0 Å². The van der Waals surface area contributed by atoms with E-state index in [4.69, 9.17) is 0 Å². The van der Waals surface area contributed by atoms with Crippen LogP contribution in [0.3, 0.4) is 0 Å². The molecular formula is C13H12N2. The van der Waals surface area contributed by atoms with E-state index in [9.17, 15) is 0 Å². The molecule has 1 aliphatic rings. The first-order valence-electron chi connectivity index (χ1n) is 5.16. The Bertz CT molecular complexity index is 610. The van der Waals surface area contributed by atoms with E-state index in [2.05, 4.69) is 48.1 Å². The average Bonchev–Trinajstić information content (AvgIpc) is 2.75.